The number of rotatable bonds is 0. The highest BCUT2D eigenvalue weighted by Crippen LogP contribution is 2.12. The Hall–Kier alpha value is -3.73. The van der Waals surface area contributed by atoms with Crippen molar-refractivity contribution in [1.82, 2.24) is 4.98 Å². The van der Waals surface area contributed by atoms with E-state index < -0.39 is 0 Å². The van der Waals surface area contributed by atoms with Crippen LogP contribution in [0.2, 0.25) is 0 Å². The second kappa shape index (κ2) is 6.18. The molecule has 0 unspecified atom stereocenters. The van der Waals surface area contributed by atoms with Crippen molar-refractivity contribution in [3.8, 4) is 35.5 Å². The molecule has 0 fully saturated rings. The van der Waals surface area contributed by atoms with E-state index >= 15 is 0 Å². The predicted octanol–water partition coefficient (Wildman–Crippen LogP) is 3.59. The summed E-state index contributed by atoms with van der Waals surface area (Å²) in [5, 5.41) is 0. The molecule has 0 N–H and O–H groups in total. The quantitative estimate of drug-likeness (QED) is 0.452. The topological polar surface area (TPSA) is 12.9 Å². The molecular weight excluding hydrogens is 290 g/mol. The fraction of sp³-hybridized carbons (Fsp3) is 0. The summed E-state index contributed by atoms with van der Waals surface area (Å²) in [6.45, 7) is 0. The molecule has 0 atom stereocenters. The van der Waals surface area contributed by atoms with Crippen molar-refractivity contribution in [2.24, 2.45) is 0 Å². The minimum Gasteiger partial charge on any atom is -0.263 e. The Morgan fingerprint density at radius 1 is 0.458 bits per heavy atom. The number of hydrogen-bond donors (Lipinski definition) is 0. The summed E-state index contributed by atoms with van der Waals surface area (Å²) in [6.07, 6.45) is 3.49. The lowest BCUT2D eigenvalue weighted by Crippen LogP contribution is -1.89. The monoisotopic (exact) mass is 301 g/mol. The minimum absolute atomic E-state index is 0.825. The molecule has 1 aliphatic rings. The summed E-state index contributed by atoms with van der Waals surface area (Å²) in [6, 6.07) is 17.7. The minimum atomic E-state index is 0.825. The van der Waals surface area contributed by atoms with E-state index in [0.717, 1.165) is 33.4 Å². The van der Waals surface area contributed by atoms with Gasteiger partial charge in [-0.25, -0.2) is 0 Å². The van der Waals surface area contributed by atoms with Gasteiger partial charge in [0.05, 0.1) is 5.56 Å². The van der Waals surface area contributed by atoms with Gasteiger partial charge in [0, 0.05) is 40.2 Å². The molecule has 0 amide bonds. The molecule has 1 aromatic heterocycles. The fourth-order valence-electron chi connectivity index (χ4n) is 2.41. The van der Waals surface area contributed by atoms with Crippen molar-refractivity contribution in [1.29, 1.82) is 0 Å². The van der Waals surface area contributed by atoms with Gasteiger partial charge in [-0.3, -0.25) is 4.98 Å². The number of aromatic nitrogens is 1. The molecule has 0 saturated carbocycles. The maximum atomic E-state index is 4.17. The van der Waals surface area contributed by atoms with Crippen LogP contribution >= 0.6 is 0 Å². The lowest BCUT2D eigenvalue weighted by atomic mass is 10.0. The Balaban J connectivity index is 2.03. The first-order valence-corrected chi connectivity index (χ1v) is 7.58. The molecule has 1 nitrogen and oxygen atoms in total. The van der Waals surface area contributed by atoms with Crippen molar-refractivity contribution in [2.75, 3.05) is 0 Å². The predicted molar refractivity (Wildman–Crippen MR) is 95.1 cm³/mol. The standard InChI is InChI=1S/C23H11N/c1-2-7-20-11-12-22-15-16-24-17-23(22)14-13-21-8-4-3-6-19(21)10-9-18(20)5-1/h1-8,15-17H. The maximum absolute atomic E-state index is 4.17. The van der Waals surface area contributed by atoms with E-state index in [9.17, 15) is 0 Å². The number of nitrogens with zero attached hydrogens (tertiary/aromatic N) is 1. The van der Waals surface area contributed by atoms with Gasteiger partial charge >= 0.3 is 0 Å². The third kappa shape index (κ3) is 2.78. The van der Waals surface area contributed by atoms with Gasteiger partial charge < -0.3 is 0 Å². The lowest BCUT2D eigenvalue weighted by molar-refractivity contribution is 1.30. The van der Waals surface area contributed by atoms with Crippen LogP contribution in [0.15, 0.2) is 67.0 Å². The molecule has 4 rings (SSSR count). The van der Waals surface area contributed by atoms with E-state index in [2.05, 4.69) is 40.5 Å². The van der Waals surface area contributed by atoms with Crippen LogP contribution in [0, 0.1) is 35.5 Å². The van der Waals surface area contributed by atoms with Gasteiger partial charge in [0.15, 0.2) is 0 Å². The largest absolute Gasteiger partial charge is 0.263 e. The Kier molecular flexibility index (Phi) is 3.58. The van der Waals surface area contributed by atoms with Crippen LogP contribution in [0.25, 0.3) is 0 Å². The average molecular weight is 301 g/mol. The van der Waals surface area contributed by atoms with Crippen LogP contribution in [0.1, 0.15) is 33.4 Å². The van der Waals surface area contributed by atoms with Gasteiger partial charge in [-0.2, -0.15) is 0 Å². The molecule has 108 valence electrons. The van der Waals surface area contributed by atoms with Gasteiger partial charge in [0.25, 0.3) is 0 Å². The van der Waals surface area contributed by atoms with Crippen LogP contribution in [-0.4, -0.2) is 4.98 Å². The first-order chi connectivity index (χ1) is 11.9. The number of fused-ring (bicyclic) bond motifs is 3. The van der Waals surface area contributed by atoms with Crippen molar-refractivity contribution in [2.45, 2.75) is 0 Å². The van der Waals surface area contributed by atoms with Crippen molar-refractivity contribution in [3.05, 3.63) is 100 Å². The number of pyridine rings is 1. The van der Waals surface area contributed by atoms with E-state index in [0.29, 0.717) is 0 Å². The molecular formula is C23H11N. The van der Waals surface area contributed by atoms with Gasteiger partial charge in [0.1, 0.15) is 0 Å². The zero-order valence-electron chi connectivity index (χ0n) is 12.8. The molecule has 1 heterocycles. The summed E-state index contributed by atoms with van der Waals surface area (Å²) in [5.74, 6) is 19.2. The molecule has 1 heteroatoms. The maximum Gasteiger partial charge on any atom is 0.0589 e. The molecule has 0 bridgehead atoms. The van der Waals surface area contributed by atoms with Crippen molar-refractivity contribution in [3.63, 3.8) is 0 Å². The fourth-order valence-corrected chi connectivity index (χ4v) is 2.41. The Morgan fingerprint density at radius 3 is 1.29 bits per heavy atom. The lowest BCUT2D eigenvalue weighted by Gasteiger charge is -2.00. The van der Waals surface area contributed by atoms with Crippen LogP contribution in [0.3, 0.4) is 0 Å². The number of hydrogen-bond acceptors (Lipinski definition) is 1. The van der Waals surface area contributed by atoms with Gasteiger partial charge in [-0.15, -0.1) is 0 Å². The zero-order valence-corrected chi connectivity index (χ0v) is 12.8. The normalized spacial score (nSPS) is 10.5. The second-order valence-corrected chi connectivity index (χ2v) is 5.26. The Labute approximate surface area is 141 Å². The first-order valence-electron chi connectivity index (χ1n) is 7.58. The van der Waals surface area contributed by atoms with E-state index in [1.54, 1.807) is 12.4 Å². The van der Waals surface area contributed by atoms with Gasteiger partial charge in [0.2, 0.25) is 0 Å². The Morgan fingerprint density at radius 2 is 0.833 bits per heavy atom. The number of benzene rings is 2. The van der Waals surface area contributed by atoms with Gasteiger partial charge in [-0.1, -0.05) is 59.8 Å². The summed E-state index contributed by atoms with van der Waals surface area (Å²) in [4.78, 5) is 4.17. The molecule has 0 spiro atoms. The van der Waals surface area contributed by atoms with Crippen LogP contribution in [0.4, 0.5) is 0 Å². The summed E-state index contributed by atoms with van der Waals surface area (Å²) < 4.78 is 0. The molecule has 3 aromatic rings. The molecule has 0 saturated heterocycles. The van der Waals surface area contributed by atoms with E-state index in [-0.39, 0.29) is 0 Å². The summed E-state index contributed by atoms with van der Waals surface area (Å²) in [7, 11) is 0. The van der Waals surface area contributed by atoms with Gasteiger partial charge in [-0.05, 0) is 30.3 Å². The van der Waals surface area contributed by atoms with Crippen LogP contribution in [0.5, 0.6) is 0 Å². The van der Waals surface area contributed by atoms with Crippen LogP contribution < -0.4 is 0 Å². The molecule has 0 aliphatic heterocycles. The summed E-state index contributed by atoms with van der Waals surface area (Å²) >= 11 is 0. The summed E-state index contributed by atoms with van der Waals surface area (Å²) in [5.41, 5.74) is 5.36. The molecule has 24 heavy (non-hydrogen) atoms. The SMILES string of the molecule is C1#Cc2ccccc2C#Cc2cnccc2C#Cc2ccccc21. The van der Waals surface area contributed by atoms with E-state index in [1.165, 1.54) is 0 Å². The van der Waals surface area contributed by atoms with E-state index in [4.69, 9.17) is 0 Å². The zero-order chi connectivity index (χ0) is 16.2. The van der Waals surface area contributed by atoms with Crippen LogP contribution in [-0.2, 0) is 0 Å². The highest BCUT2D eigenvalue weighted by molar-refractivity contribution is 5.60. The van der Waals surface area contributed by atoms with Crippen molar-refractivity contribution < 1.29 is 0 Å². The highest BCUT2D eigenvalue weighted by atomic mass is 14.6. The third-order valence-corrected chi connectivity index (χ3v) is 3.67. The molecule has 2 aromatic carbocycles. The average Bonchev–Trinajstić information content (AvgIpc) is 2.64. The third-order valence-electron chi connectivity index (χ3n) is 3.67. The first kappa shape index (κ1) is 13.9. The van der Waals surface area contributed by atoms with Crippen molar-refractivity contribution >= 4 is 0 Å². The molecule has 0 radical (unpaired) electrons. The highest BCUT2D eigenvalue weighted by Gasteiger charge is 2.01. The Bertz CT molecular complexity index is 892. The molecule has 1 aliphatic carbocycles. The smallest absolute Gasteiger partial charge is 0.0589 e. The second-order valence-electron chi connectivity index (χ2n) is 5.26. The van der Waals surface area contributed by atoms with E-state index in [1.807, 2.05) is 54.6 Å².